The van der Waals surface area contributed by atoms with Crippen LogP contribution in [0.15, 0.2) is 36.5 Å². The van der Waals surface area contributed by atoms with Crippen LogP contribution in [0.2, 0.25) is 0 Å². The van der Waals surface area contributed by atoms with Crippen molar-refractivity contribution < 1.29 is 9.18 Å². The maximum Gasteiger partial charge on any atom is 0.272 e. The molecule has 0 saturated heterocycles. The molecule has 0 unspecified atom stereocenters. The second-order valence-electron chi connectivity index (χ2n) is 4.31. The number of hydrogen-bond donors (Lipinski definition) is 2. The van der Waals surface area contributed by atoms with Gasteiger partial charge in [-0.1, -0.05) is 6.92 Å². The minimum absolute atomic E-state index is 0.253. The molecular formula is C14H16FN3O. The van der Waals surface area contributed by atoms with Crippen LogP contribution in [0, 0.1) is 5.82 Å². The van der Waals surface area contributed by atoms with Gasteiger partial charge in [-0.2, -0.15) is 0 Å². The van der Waals surface area contributed by atoms with E-state index >= 15 is 0 Å². The molecule has 0 aliphatic carbocycles. The molecule has 2 aromatic rings. The summed E-state index contributed by atoms with van der Waals surface area (Å²) in [7, 11) is 0. The highest BCUT2D eigenvalue weighted by molar-refractivity contribution is 6.03. The Labute approximate surface area is 111 Å². The van der Waals surface area contributed by atoms with E-state index in [0.29, 0.717) is 17.1 Å². The number of carbonyl (C=O) groups excluding carboxylic acids is 1. The van der Waals surface area contributed by atoms with Gasteiger partial charge < -0.3 is 15.6 Å². The Morgan fingerprint density at radius 2 is 2.05 bits per heavy atom. The number of carbonyl (C=O) groups is 1. The lowest BCUT2D eigenvalue weighted by molar-refractivity contribution is 0.101. The lowest BCUT2D eigenvalue weighted by atomic mass is 10.3. The molecule has 0 bridgehead atoms. The molecule has 1 amide bonds. The zero-order valence-electron chi connectivity index (χ0n) is 10.7. The molecule has 100 valence electrons. The maximum atomic E-state index is 12.8. The average molecular weight is 261 g/mol. The van der Waals surface area contributed by atoms with Gasteiger partial charge in [-0.3, -0.25) is 4.79 Å². The fraction of sp³-hybridized carbons (Fsp3) is 0.214. The Bertz CT molecular complexity index is 575. The van der Waals surface area contributed by atoms with Crippen molar-refractivity contribution in [1.29, 1.82) is 0 Å². The quantitative estimate of drug-likeness (QED) is 0.889. The van der Waals surface area contributed by atoms with Crippen molar-refractivity contribution in [2.24, 2.45) is 0 Å². The van der Waals surface area contributed by atoms with Gasteiger partial charge in [0, 0.05) is 18.4 Å². The monoisotopic (exact) mass is 261 g/mol. The van der Waals surface area contributed by atoms with Gasteiger partial charge in [0.05, 0.1) is 5.69 Å². The van der Waals surface area contributed by atoms with E-state index in [1.807, 2.05) is 11.5 Å². The second kappa shape index (κ2) is 5.56. The first-order valence-corrected chi connectivity index (χ1v) is 6.12. The Morgan fingerprint density at radius 1 is 1.37 bits per heavy atom. The molecule has 1 heterocycles. The number of hydrogen-bond acceptors (Lipinski definition) is 2. The summed E-state index contributed by atoms with van der Waals surface area (Å²) < 4.78 is 14.6. The molecule has 0 atom stereocenters. The molecule has 19 heavy (non-hydrogen) atoms. The molecule has 0 aliphatic rings. The molecular weight excluding hydrogens is 245 g/mol. The van der Waals surface area contributed by atoms with E-state index in [4.69, 9.17) is 5.73 Å². The van der Waals surface area contributed by atoms with Crippen LogP contribution in [0.5, 0.6) is 0 Å². The number of nitrogens with two attached hydrogens (primary N) is 1. The highest BCUT2D eigenvalue weighted by Crippen LogP contribution is 2.15. The third-order valence-electron chi connectivity index (χ3n) is 2.72. The number of nitrogen functional groups attached to an aromatic ring is 1. The summed E-state index contributed by atoms with van der Waals surface area (Å²) in [4.78, 5) is 12.1. The Morgan fingerprint density at radius 3 is 2.68 bits per heavy atom. The minimum atomic E-state index is -0.336. The van der Waals surface area contributed by atoms with Gasteiger partial charge in [0.25, 0.3) is 5.91 Å². The van der Waals surface area contributed by atoms with Gasteiger partial charge in [-0.25, -0.2) is 4.39 Å². The van der Waals surface area contributed by atoms with E-state index in [1.165, 1.54) is 24.3 Å². The minimum Gasteiger partial charge on any atom is -0.397 e. The second-order valence-corrected chi connectivity index (χ2v) is 4.31. The van der Waals surface area contributed by atoms with Crippen LogP contribution in [0.3, 0.4) is 0 Å². The van der Waals surface area contributed by atoms with Crippen molar-refractivity contribution in [3.63, 3.8) is 0 Å². The molecule has 4 nitrogen and oxygen atoms in total. The normalized spacial score (nSPS) is 10.4. The SMILES string of the molecule is CCCn1cc(N)cc1C(=O)Nc1ccc(F)cc1. The number of aromatic nitrogens is 1. The van der Waals surface area contributed by atoms with Crippen molar-refractivity contribution in [3.8, 4) is 0 Å². The predicted molar refractivity (Wildman–Crippen MR) is 73.5 cm³/mol. The first kappa shape index (κ1) is 13.1. The molecule has 5 heteroatoms. The number of halogens is 1. The lowest BCUT2D eigenvalue weighted by Gasteiger charge is -2.08. The largest absolute Gasteiger partial charge is 0.397 e. The van der Waals surface area contributed by atoms with Crippen molar-refractivity contribution in [2.75, 3.05) is 11.1 Å². The van der Waals surface area contributed by atoms with Crippen LogP contribution in [0.4, 0.5) is 15.8 Å². The first-order valence-electron chi connectivity index (χ1n) is 6.12. The zero-order chi connectivity index (χ0) is 13.8. The smallest absolute Gasteiger partial charge is 0.272 e. The van der Waals surface area contributed by atoms with Gasteiger partial charge >= 0.3 is 0 Å². The summed E-state index contributed by atoms with van der Waals surface area (Å²) in [5.74, 6) is -0.589. The number of nitrogens with one attached hydrogen (secondary N) is 1. The summed E-state index contributed by atoms with van der Waals surface area (Å²) in [5.41, 5.74) is 7.32. The molecule has 0 saturated carbocycles. The third-order valence-corrected chi connectivity index (χ3v) is 2.72. The van der Waals surface area contributed by atoms with Crippen LogP contribution in [0.1, 0.15) is 23.8 Å². The molecule has 1 aromatic heterocycles. The summed E-state index contributed by atoms with van der Waals surface area (Å²) >= 11 is 0. The van der Waals surface area contributed by atoms with Crippen LogP contribution in [0.25, 0.3) is 0 Å². The van der Waals surface area contributed by atoms with Crippen LogP contribution in [-0.2, 0) is 6.54 Å². The van der Waals surface area contributed by atoms with Crippen molar-refractivity contribution >= 4 is 17.3 Å². The van der Waals surface area contributed by atoms with Crippen LogP contribution >= 0.6 is 0 Å². The van der Waals surface area contributed by atoms with E-state index in [2.05, 4.69) is 5.32 Å². The molecule has 0 aliphatic heterocycles. The number of anilines is 2. The topological polar surface area (TPSA) is 60.0 Å². The summed E-state index contributed by atoms with van der Waals surface area (Å²) in [6.45, 7) is 2.75. The van der Waals surface area contributed by atoms with Crippen molar-refractivity contribution in [1.82, 2.24) is 4.57 Å². The third kappa shape index (κ3) is 3.13. The van der Waals surface area contributed by atoms with Gasteiger partial charge in [-0.05, 0) is 36.8 Å². The van der Waals surface area contributed by atoms with Gasteiger partial charge in [0.1, 0.15) is 11.5 Å². The summed E-state index contributed by atoms with van der Waals surface area (Å²) in [6.07, 6.45) is 2.65. The van der Waals surface area contributed by atoms with Gasteiger partial charge in [-0.15, -0.1) is 0 Å². The first-order chi connectivity index (χ1) is 9.10. The number of rotatable bonds is 4. The number of amides is 1. The lowest BCUT2D eigenvalue weighted by Crippen LogP contribution is -2.16. The van der Waals surface area contributed by atoms with Gasteiger partial charge in [0.2, 0.25) is 0 Å². The maximum absolute atomic E-state index is 12.8. The number of aryl methyl sites for hydroxylation is 1. The Hall–Kier alpha value is -2.30. The highest BCUT2D eigenvalue weighted by Gasteiger charge is 2.12. The molecule has 0 spiro atoms. The summed E-state index contributed by atoms with van der Waals surface area (Å²) in [5, 5.41) is 2.72. The fourth-order valence-electron chi connectivity index (χ4n) is 1.88. The van der Waals surface area contributed by atoms with Gasteiger partial charge in [0.15, 0.2) is 0 Å². The Balaban J connectivity index is 2.17. The van der Waals surface area contributed by atoms with E-state index < -0.39 is 0 Å². The summed E-state index contributed by atoms with van der Waals surface area (Å²) in [6, 6.07) is 7.27. The fourth-order valence-corrected chi connectivity index (χ4v) is 1.88. The number of benzene rings is 1. The molecule has 0 fully saturated rings. The number of nitrogens with zero attached hydrogens (tertiary/aromatic N) is 1. The van der Waals surface area contributed by atoms with Crippen molar-refractivity contribution in [3.05, 3.63) is 48.0 Å². The standard InChI is InChI=1S/C14H16FN3O/c1-2-7-18-9-11(16)8-13(18)14(19)17-12-5-3-10(15)4-6-12/h3-6,8-9H,2,7,16H2,1H3,(H,17,19). The van der Waals surface area contributed by atoms with E-state index in [0.717, 1.165) is 13.0 Å². The highest BCUT2D eigenvalue weighted by atomic mass is 19.1. The molecule has 0 radical (unpaired) electrons. The van der Waals surface area contributed by atoms with E-state index in [-0.39, 0.29) is 11.7 Å². The van der Waals surface area contributed by atoms with Crippen molar-refractivity contribution in [2.45, 2.75) is 19.9 Å². The molecule has 1 aromatic carbocycles. The molecule has 3 N–H and O–H groups in total. The predicted octanol–water partition coefficient (Wildman–Crippen LogP) is 2.87. The van der Waals surface area contributed by atoms with E-state index in [9.17, 15) is 9.18 Å². The van der Waals surface area contributed by atoms with Crippen LogP contribution < -0.4 is 11.1 Å². The molecule has 2 rings (SSSR count). The van der Waals surface area contributed by atoms with Crippen LogP contribution in [-0.4, -0.2) is 10.5 Å². The Kier molecular flexibility index (Phi) is 3.85. The van der Waals surface area contributed by atoms with E-state index in [1.54, 1.807) is 12.3 Å². The average Bonchev–Trinajstić information content (AvgIpc) is 2.74. The zero-order valence-corrected chi connectivity index (χ0v) is 10.7.